The Morgan fingerprint density at radius 3 is 3.04 bits per heavy atom. The van der Waals surface area contributed by atoms with Crippen molar-refractivity contribution < 1.29 is 4.74 Å². The molecule has 0 aliphatic heterocycles. The Kier molecular flexibility index (Phi) is 7.03. The molecule has 0 spiro atoms. The van der Waals surface area contributed by atoms with E-state index in [9.17, 15) is 0 Å². The maximum absolute atomic E-state index is 5.27. The summed E-state index contributed by atoms with van der Waals surface area (Å²) in [5.74, 6) is 0. The van der Waals surface area contributed by atoms with Gasteiger partial charge in [-0.3, -0.25) is 5.43 Å². The molecule has 5 nitrogen and oxygen atoms in total. The van der Waals surface area contributed by atoms with E-state index in [1.54, 1.807) is 6.21 Å². The van der Waals surface area contributed by atoms with Gasteiger partial charge in [-0.1, -0.05) is 25.1 Å². The molecule has 0 bridgehead atoms. The SMILES string of the molecule is CCOCCCNC(=S)N/N=C/c1c[nH]c2c(CC)cccc12. The van der Waals surface area contributed by atoms with Crippen LogP contribution < -0.4 is 10.7 Å². The van der Waals surface area contributed by atoms with E-state index in [1.807, 2.05) is 13.1 Å². The number of hydrogen-bond donors (Lipinski definition) is 3. The molecule has 2 rings (SSSR count). The van der Waals surface area contributed by atoms with Crippen LogP contribution in [0.3, 0.4) is 0 Å². The number of rotatable bonds is 8. The second-order valence-electron chi connectivity index (χ2n) is 5.11. The molecule has 6 heteroatoms. The Morgan fingerprint density at radius 2 is 2.26 bits per heavy atom. The van der Waals surface area contributed by atoms with Gasteiger partial charge in [-0.25, -0.2) is 0 Å². The molecule has 0 saturated heterocycles. The molecule has 0 aliphatic rings. The van der Waals surface area contributed by atoms with E-state index in [-0.39, 0.29) is 0 Å². The maximum atomic E-state index is 5.27. The molecule has 0 aliphatic carbocycles. The fraction of sp³-hybridized carbons (Fsp3) is 0.412. The van der Waals surface area contributed by atoms with E-state index < -0.39 is 0 Å². The van der Waals surface area contributed by atoms with E-state index in [1.165, 1.54) is 16.5 Å². The zero-order valence-corrected chi connectivity index (χ0v) is 14.5. The van der Waals surface area contributed by atoms with Gasteiger partial charge in [0.1, 0.15) is 0 Å². The number of benzene rings is 1. The quantitative estimate of drug-likeness (QED) is 0.301. The lowest BCUT2D eigenvalue weighted by Gasteiger charge is -2.06. The summed E-state index contributed by atoms with van der Waals surface area (Å²) in [4.78, 5) is 3.32. The number of ether oxygens (including phenoxy) is 1. The van der Waals surface area contributed by atoms with Gasteiger partial charge in [-0.15, -0.1) is 0 Å². The van der Waals surface area contributed by atoms with E-state index >= 15 is 0 Å². The molecular weight excluding hydrogens is 308 g/mol. The van der Waals surface area contributed by atoms with Gasteiger partial charge in [-0.05, 0) is 37.5 Å². The highest BCUT2D eigenvalue weighted by Gasteiger charge is 2.04. The summed E-state index contributed by atoms with van der Waals surface area (Å²) < 4.78 is 5.27. The van der Waals surface area contributed by atoms with Gasteiger partial charge in [0.05, 0.1) is 6.21 Å². The molecule has 124 valence electrons. The Hall–Kier alpha value is -1.92. The van der Waals surface area contributed by atoms with E-state index in [4.69, 9.17) is 17.0 Å². The Bertz CT molecular complexity index is 666. The number of aromatic nitrogens is 1. The number of nitrogens with one attached hydrogen (secondary N) is 3. The minimum Gasteiger partial charge on any atom is -0.382 e. The van der Waals surface area contributed by atoms with Crippen LogP contribution in [0.25, 0.3) is 10.9 Å². The van der Waals surface area contributed by atoms with E-state index in [0.29, 0.717) is 5.11 Å². The lowest BCUT2D eigenvalue weighted by molar-refractivity contribution is 0.145. The largest absolute Gasteiger partial charge is 0.382 e. The van der Waals surface area contributed by atoms with E-state index in [2.05, 4.69) is 46.0 Å². The van der Waals surface area contributed by atoms with Crippen molar-refractivity contribution in [1.29, 1.82) is 0 Å². The van der Waals surface area contributed by atoms with Crippen molar-refractivity contribution in [3.63, 3.8) is 0 Å². The number of nitrogens with zero attached hydrogens (tertiary/aromatic N) is 1. The second-order valence-corrected chi connectivity index (χ2v) is 5.52. The summed E-state index contributed by atoms with van der Waals surface area (Å²) in [6, 6.07) is 6.31. The van der Waals surface area contributed by atoms with Gasteiger partial charge < -0.3 is 15.0 Å². The fourth-order valence-corrected chi connectivity index (χ4v) is 2.52. The third-order valence-electron chi connectivity index (χ3n) is 3.54. The minimum absolute atomic E-state index is 0.520. The first-order valence-corrected chi connectivity index (χ1v) is 8.40. The molecule has 0 radical (unpaired) electrons. The van der Waals surface area contributed by atoms with Gasteiger partial charge in [-0.2, -0.15) is 5.10 Å². The van der Waals surface area contributed by atoms with Crippen molar-refractivity contribution in [2.24, 2.45) is 5.10 Å². The number of aromatic amines is 1. The van der Waals surface area contributed by atoms with Crippen LogP contribution in [0, 0.1) is 0 Å². The molecule has 23 heavy (non-hydrogen) atoms. The predicted octanol–water partition coefficient (Wildman–Crippen LogP) is 2.95. The van der Waals surface area contributed by atoms with Crippen LogP contribution in [-0.2, 0) is 11.2 Å². The van der Waals surface area contributed by atoms with Crippen LogP contribution in [0.5, 0.6) is 0 Å². The van der Waals surface area contributed by atoms with Gasteiger partial charge in [0.25, 0.3) is 0 Å². The number of thiocarbonyl (C=S) groups is 1. The predicted molar refractivity (Wildman–Crippen MR) is 100 cm³/mol. The zero-order valence-electron chi connectivity index (χ0n) is 13.7. The molecular formula is C17H24N4OS. The molecule has 0 unspecified atom stereocenters. The summed E-state index contributed by atoms with van der Waals surface area (Å²) in [5.41, 5.74) is 6.36. The number of hydrogen-bond acceptors (Lipinski definition) is 3. The monoisotopic (exact) mass is 332 g/mol. The van der Waals surface area contributed by atoms with Crippen molar-refractivity contribution in [3.8, 4) is 0 Å². The lowest BCUT2D eigenvalue weighted by Crippen LogP contribution is -2.33. The highest BCUT2D eigenvalue weighted by Crippen LogP contribution is 2.20. The van der Waals surface area contributed by atoms with Crippen LogP contribution in [-0.4, -0.2) is 36.1 Å². The average Bonchev–Trinajstić information content (AvgIpc) is 2.98. The average molecular weight is 332 g/mol. The number of para-hydroxylation sites is 1. The number of H-pyrrole nitrogens is 1. The molecule has 1 aromatic heterocycles. The highest BCUT2D eigenvalue weighted by molar-refractivity contribution is 7.80. The molecule has 1 heterocycles. The van der Waals surface area contributed by atoms with Crippen molar-refractivity contribution in [2.75, 3.05) is 19.8 Å². The standard InChI is InChI=1S/C17H24N4OS/c1-3-13-7-5-8-15-14(11-19-16(13)15)12-20-21-17(23)18-9-6-10-22-4-2/h5,7-8,11-12,19H,3-4,6,9-10H2,1-2H3,(H2,18,21,23)/b20-12+. The molecule has 3 N–H and O–H groups in total. The second kappa shape index (κ2) is 9.27. The number of aryl methyl sites for hydroxylation is 1. The highest BCUT2D eigenvalue weighted by atomic mass is 32.1. The third-order valence-corrected chi connectivity index (χ3v) is 3.78. The van der Waals surface area contributed by atoms with Crippen LogP contribution >= 0.6 is 12.2 Å². The summed E-state index contributed by atoms with van der Waals surface area (Å²) in [7, 11) is 0. The fourth-order valence-electron chi connectivity index (χ4n) is 2.36. The van der Waals surface area contributed by atoms with Gasteiger partial charge in [0.2, 0.25) is 0 Å². The number of fused-ring (bicyclic) bond motifs is 1. The molecule has 0 amide bonds. The van der Waals surface area contributed by atoms with Crippen molar-refractivity contribution in [1.82, 2.24) is 15.7 Å². The van der Waals surface area contributed by atoms with Crippen LogP contribution in [0.15, 0.2) is 29.5 Å². The third kappa shape index (κ3) is 5.04. The first-order valence-electron chi connectivity index (χ1n) is 7.99. The van der Waals surface area contributed by atoms with Crippen molar-refractivity contribution >= 4 is 34.4 Å². The maximum Gasteiger partial charge on any atom is 0.186 e. The number of hydrazone groups is 1. The van der Waals surface area contributed by atoms with Crippen molar-refractivity contribution in [2.45, 2.75) is 26.7 Å². The first kappa shape index (κ1) is 17.4. The van der Waals surface area contributed by atoms with Crippen LogP contribution in [0.2, 0.25) is 0 Å². The van der Waals surface area contributed by atoms with Crippen molar-refractivity contribution in [3.05, 3.63) is 35.5 Å². The van der Waals surface area contributed by atoms with Gasteiger partial charge in [0.15, 0.2) is 5.11 Å². The lowest BCUT2D eigenvalue weighted by atomic mass is 10.1. The molecule has 1 aromatic carbocycles. The summed E-state index contributed by atoms with van der Waals surface area (Å²) in [5, 5.41) is 8.99. The Morgan fingerprint density at radius 1 is 1.39 bits per heavy atom. The normalized spacial score (nSPS) is 11.2. The van der Waals surface area contributed by atoms with Gasteiger partial charge in [0, 0.05) is 42.4 Å². The van der Waals surface area contributed by atoms with Gasteiger partial charge >= 0.3 is 0 Å². The van der Waals surface area contributed by atoms with Crippen LogP contribution in [0.4, 0.5) is 0 Å². The topological polar surface area (TPSA) is 61.4 Å². The Balaban J connectivity index is 1.85. The summed E-state index contributed by atoms with van der Waals surface area (Å²) in [6.07, 6.45) is 5.67. The summed E-state index contributed by atoms with van der Waals surface area (Å²) in [6.45, 7) is 6.40. The van der Waals surface area contributed by atoms with Crippen LogP contribution in [0.1, 0.15) is 31.4 Å². The molecule has 0 fully saturated rings. The Labute approximate surface area is 142 Å². The molecule has 2 aromatic rings. The summed E-state index contributed by atoms with van der Waals surface area (Å²) >= 11 is 5.18. The molecule has 0 atom stereocenters. The minimum atomic E-state index is 0.520. The zero-order chi connectivity index (χ0) is 16.5. The molecule has 0 saturated carbocycles. The van der Waals surface area contributed by atoms with E-state index in [0.717, 1.165) is 38.2 Å². The smallest absolute Gasteiger partial charge is 0.186 e. The first-order chi connectivity index (χ1) is 11.3.